The van der Waals surface area contributed by atoms with Crippen molar-refractivity contribution in [1.82, 2.24) is 5.32 Å². The first-order valence-electron chi connectivity index (χ1n) is 7.31. The van der Waals surface area contributed by atoms with Crippen LogP contribution in [0.3, 0.4) is 0 Å². The molecule has 0 radical (unpaired) electrons. The Bertz CT molecular complexity index is 659. The smallest absolute Gasteiger partial charge is 0.337 e. The van der Waals surface area contributed by atoms with Crippen LogP contribution in [-0.2, 0) is 14.3 Å². The van der Waals surface area contributed by atoms with Gasteiger partial charge in [0.25, 0.3) is 5.91 Å². The third-order valence-electron chi connectivity index (χ3n) is 3.56. The Morgan fingerprint density at radius 2 is 2.09 bits per heavy atom. The van der Waals surface area contributed by atoms with Crippen LogP contribution in [0.2, 0.25) is 10.0 Å². The van der Waals surface area contributed by atoms with E-state index in [0.29, 0.717) is 27.9 Å². The van der Waals surface area contributed by atoms with Crippen LogP contribution in [0.1, 0.15) is 19.8 Å². The standard InChI is InChI=1S/C16H18Cl2N2O3/c1-3-4-7-19-14-11(16(22)23-2)9-20(15(14)21)10-5-6-12(17)13(18)8-10/h5-6,8,19H,3-4,7,9H2,1-2H3. The number of halogens is 2. The second kappa shape index (κ2) is 7.70. The van der Waals surface area contributed by atoms with Crippen LogP contribution in [0.15, 0.2) is 29.5 Å². The number of carbonyl (C=O) groups is 2. The number of methoxy groups -OCH3 is 1. The molecule has 1 heterocycles. The molecule has 0 saturated carbocycles. The van der Waals surface area contributed by atoms with Crippen LogP contribution in [0.4, 0.5) is 5.69 Å². The van der Waals surface area contributed by atoms with Crippen molar-refractivity contribution in [3.8, 4) is 0 Å². The summed E-state index contributed by atoms with van der Waals surface area (Å²) in [5, 5.41) is 3.81. The van der Waals surface area contributed by atoms with Gasteiger partial charge in [0.2, 0.25) is 0 Å². The average molecular weight is 357 g/mol. The highest BCUT2D eigenvalue weighted by Crippen LogP contribution is 2.31. The molecule has 1 aromatic rings. The number of hydrogen-bond acceptors (Lipinski definition) is 4. The Morgan fingerprint density at radius 1 is 1.35 bits per heavy atom. The molecule has 0 aromatic heterocycles. The van der Waals surface area contributed by atoms with Crippen LogP contribution < -0.4 is 10.2 Å². The first-order valence-corrected chi connectivity index (χ1v) is 8.07. The Kier molecular flexibility index (Phi) is 5.91. The van der Waals surface area contributed by atoms with Crippen molar-refractivity contribution in [1.29, 1.82) is 0 Å². The summed E-state index contributed by atoms with van der Waals surface area (Å²) in [7, 11) is 1.30. The number of carbonyl (C=O) groups excluding carboxylic acids is 2. The minimum absolute atomic E-state index is 0.137. The fourth-order valence-electron chi connectivity index (χ4n) is 2.30. The predicted octanol–water partition coefficient (Wildman–Crippen LogP) is 3.16. The molecule has 5 nitrogen and oxygen atoms in total. The lowest BCUT2D eigenvalue weighted by molar-refractivity contribution is -0.136. The fourth-order valence-corrected chi connectivity index (χ4v) is 2.59. The minimum Gasteiger partial charge on any atom is -0.466 e. The zero-order valence-electron chi connectivity index (χ0n) is 13.0. The quantitative estimate of drug-likeness (QED) is 0.628. The number of benzene rings is 1. The highest BCUT2D eigenvalue weighted by atomic mass is 35.5. The Labute approximate surface area is 145 Å². The van der Waals surface area contributed by atoms with E-state index in [4.69, 9.17) is 27.9 Å². The lowest BCUT2D eigenvalue weighted by Crippen LogP contribution is -2.30. The summed E-state index contributed by atoms with van der Waals surface area (Å²) in [5.41, 5.74) is 1.19. The molecule has 1 amide bonds. The van der Waals surface area contributed by atoms with Crippen molar-refractivity contribution in [2.24, 2.45) is 0 Å². The van der Waals surface area contributed by atoms with Crippen LogP contribution in [0.5, 0.6) is 0 Å². The van der Waals surface area contributed by atoms with Crippen LogP contribution in [0, 0.1) is 0 Å². The average Bonchev–Trinajstić information content (AvgIpc) is 2.87. The molecular weight excluding hydrogens is 339 g/mol. The summed E-state index contributed by atoms with van der Waals surface area (Å²) in [5.74, 6) is -0.792. The van der Waals surface area contributed by atoms with Gasteiger partial charge in [0.1, 0.15) is 5.70 Å². The molecule has 0 unspecified atom stereocenters. The first-order chi connectivity index (χ1) is 11.0. The third kappa shape index (κ3) is 3.79. The number of amides is 1. The van der Waals surface area contributed by atoms with E-state index in [9.17, 15) is 9.59 Å². The summed E-state index contributed by atoms with van der Waals surface area (Å²) in [6.45, 7) is 2.81. The molecule has 0 spiro atoms. The van der Waals surface area contributed by atoms with E-state index in [2.05, 4.69) is 12.2 Å². The Hall–Kier alpha value is -1.72. The van der Waals surface area contributed by atoms with Gasteiger partial charge >= 0.3 is 5.97 Å². The van der Waals surface area contributed by atoms with Gasteiger partial charge in [0.05, 0.1) is 29.3 Å². The van der Waals surface area contributed by atoms with E-state index in [1.165, 1.54) is 12.0 Å². The molecule has 1 N–H and O–H groups in total. The van der Waals surface area contributed by atoms with Gasteiger partial charge < -0.3 is 15.0 Å². The molecule has 23 heavy (non-hydrogen) atoms. The highest BCUT2D eigenvalue weighted by molar-refractivity contribution is 6.42. The number of unbranched alkanes of at least 4 members (excludes halogenated alkanes) is 1. The summed E-state index contributed by atoms with van der Waals surface area (Å²) in [6, 6.07) is 4.91. The summed E-state index contributed by atoms with van der Waals surface area (Å²) in [6.07, 6.45) is 1.89. The van der Waals surface area contributed by atoms with Crippen molar-refractivity contribution in [3.63, 3.8) is 0 Å². The van der Waals surface area contributed by atoms with E-state index in [1.54, 1.807) is 18.2 Å². The maximum absolute atomic E-state index is 12.6. The van der Waals surface area contributed by atoms with Gasteiger partial charge in [0, 0.05) is 12.2 Å². The molecule has 1 aliphatic rings. The number of ether oxygens (including phenoxy) is 1. The molecule has 1 aliphatic heterocycles. The number of rotatable bonds is 6. The van der Waals surface area contributed by atoms with Crippen molar-refractivity contribution >= 4 is 40.8 Å². The number of nitrogens with zero attached hydrogens (tertiary/aromatic N) is 1. The van der Waals surface area contributed by atoms with Gasteiger partial charge in [-0.2, -0.15) is 0 Å². The monoisotopic (exact) mass is 356 g/mol. The number of nitrogens with one attached hydrogen (secondary N) is 1. The number of anilines is 1. The van der Waals surface area contributed by atoms with E-state index in [-0.39, 0.29) is 18.1 Å². The van der Waals surface area contributed by atoms with Crippen LogP contribution in [-0.4, -0.2) is 32.1 Å². The molecule has 1 aromatic carbocycles. The zero-order chi connectivity index (χ0) is 17.0. The predicted molar refractivity (Wildman–Crippen MR) is 90.8 cm³/mol. The SMILES string of the molecule is CCCCNC1=C(C(=O)OC)CN(c2ccc(Cl)c(Cl)c2)C1=O. The van der Waals surface area contributed by atoms with Gasteiger partial charge in [-0.1, -0.05) is 36.5 Å². The van der Waals surface area contributed by atoms with Gasteiger partial charge in [-0.3, -0.25) is 4.79 Å². The molecule has 0 atom stereocenters. The summed E-state index contributed by atoms with van der Waals surface area (Å²) >= 11 is 11.9. The molecule has 2 rings (SSSR count). The zero-order valence-corrected chi connectivity index (χ0v) is 14.5. The largest absolute Gasteiger partial charge is 0.466 e. The lowest BCUT2D eigenvalue weighted by atomic mass is 10.2. The topological polar surface area (TPSA) is 58.6 Å². The van der Waals surface area contributed by atoms with Crippen LogP contribution >= 0.6 is 23.2 Å². The fraction of sp³-hybridized carbons (Fsp3) is 0.375. The van der Waals surface area contributed by atoms with Gasteiger partial charge in [-0.15, -0.1) is 0 Å². The molecule has 0 fully saturated rings. The van der Waals surface area contributed by atoms with Gasteiger partial charge in [0.15, 0.2) is 0 Å². The van der Waals surface area contributed by atoms with Crippen LogP contribution in [0.25, 0.3) is 0 Å². The molecular formula is C16H18Cl2N2O3. The van der Waals surface area contributed by atoms with Crippen molar-refractivity contribution < 1.29 is 14.3 Å². The molecule has 124 valence electrons. The molecule has 0 aliphatic carbocycles. The molecule has 0 saturated heterocycles. The van der Waals surface area contributed by atoms with Crippen molar-refractivity contribution in [2.45, 2.75) is 19.8 Å². The van der Waals surface area contributed by atoms with Crippen molar-refractivity contribution in [3.05, 3.63) is 39.5 Å². The molecule has 7 heteroatoms. The van der Waals surface area contributed by atoms with E-state index >= 15 is 0 Å². The van der Waals surface area contributed by atoms with Gasteiger partial charge in [-0.05, 0) is 24.6 Å². The van der Waals surface area contributed by atoms with Gasteiger partial charge in [-0.25, -0.2) is 4.79 Å². The maximum atomic E-state index is 12.6. The Morgan fingerprint density at radius 3 is 2.70 bits per heavy atom. The van der Waals surface area contributed by atoms with E-state index in [0.717, 1.165) is 12.8 Å². The van der Waals surface area contributed by atoms with Crippen molar-refractivity contribution in [2.75, 3.05) is 25.1 Å². The summed E-state index contributed by atoms with van der Waals surface area (Å²) < 4.78 is 4.78. The summed E-state index contributed by atoms with van der Waals surface area (Å²) in [4.78, 5) is 26.1. The number of hydrogen-bond donors (Lipinski definition) is 1. The maximum Gasteiger partial charge on any atom is 0.337 e. The molecule has 0 bridgehead atoms. The second-order valence-electron chi connectivity index (χ2n) is 5.12. The highest BCUT2D eigenvalue weighted by Gasteiger charge is 2.35. The van der Waals surface area contributed by atoms with E-state index < -0.39 is 5.97 Å². The minimum atomic E-state index is -0.514. The first kappa shape index (κ1) is 17.6. The third-order valence-corrected chi connectivity index (χ3v) is 4.29. The second-order valence-corrected chi connectivity index (χ2v) is 5.93. The number of esters is 1. The Balaban J connectivity index is 2.28. The normalized spacial score (nSPS) is 14.4. The van der Waals surface area contributed by atoms with E-state index in [1.807, 2.05) is 0 Å². The lowest BCUT2D eigenvalue weighted by Gasteiger charge is -2.17.